The van der Waals surface area contributed by atoms with Crippen LogP contribution in [0, 0.1) is 6.92 Å². The standard InChI is InChI=1S/C21H23F2N9O10P2S2/c1-6-27-15-11(17(33)28-6)25-4-31(15)19-9(22)13-7(39-19)2-37-44(36,46)42-14-8(3-38-43(35,45)41-13)40-20(10(14)23)32-5-26-12-16(32)29-21(24)30-18(12)34/h4-5,7-10,13-14,19-20H,2-3H2,1H3,(H,35,45)(H,36,46)(H,27,28,33)(H3,24,29,30,34)/t7-,8-,9-,10-,13-,14-,19-,20-,43?,44?/m1/s1. The van der Waals surface area contributed by atoms with Crippen LogP contribution in [0.4, 0.5) is 14.7 Å². The number of fused-ring (bicyclic) bond motifs is 4. The maximum Gasteiger partial charge on any atom is 0.325 e. The molecule has 0 bridgehead atoms. The number of rotatable bonds is 2. The zero-order valence-corrected chi connectivity index (χ0v) is 26.5. The molecule has 3 saturated heterocycles. The molecule has 0 radical (unpaired) electrons. The van der Waals surface area contributed by atoms with E-state index in [1.165, 1.54) is 6.92 Å². The van der Waals surface area contributed by atoms with Gasteiger partial charge in [-0.1, -0.05) is 0 Å². The Morgan fingerprint density at radius 3 is 1.83 bits per heavy atom. The molecule has 7 heterocycles. The van der Waals surface area contributed by atoms with E-state index in [4.69, 9.17) is 56.9 Å². The number of hydrogen-bond donors (Lipinski definition) is 5. The number of nitrogens with one attached hydrogen (secondary N) is 2. The van der Waals surface area contributed by atoms with E-state index in [2.05, 4.69) is 29.9 Å². The first kappa shape index (κ1) is 31.9. The monoisotopic (exact) mass is 725 g/mol. The number of nitrogens with two attached hydrogens (primary N) is 1. The van der Waals surface area contributed by atoms with Gasteiger partial charge in [-0.25, -0.2) is 23.7 Å². The van der Waals surface area contributed by atoms with Gasteiger partial charge in [0.15, 0.2) is 47.1 Å². The van der Waals surface area contributed by atoms with E-state index < -0.39 is 87.0 Å². The lowest BCUT2D eigenvalue weighted by Gasteiger charge is -2.29. The fraction of sp³-hybridized carbons (Fsp3) is 0.524. The minimum absolute atomic E-state index is 0.00380. The number of alkyl halides is 2. The molecule has 46 heavy (non-hydrogen) atoms. The highest BCUT2D eigenvalue weighted by Gasteiger charge is 2.53. The average Bonchev–Trinajstić information content (AvgIpc) is 3.72. The fourth-order valence-corrected chi connectivity index (χ4v) is 8.28. The predicted octanol–water partition coefficient (Wildman–Crippen LogP) is -0.135. The molecule has 0 spiro atoms. The predicted molar refractivity (Wildman–Crippen MR) is 158 cm³/mol. The molecule has 0 aliphatic carbocycles. The molecular formula is C21H23F2N9O10P2S2. The molecule has 3 fully saturated rings. The van der Waals surface area contributed by atoms with Gasteiger partial charge in [0.2, 0.25) is 5.95 Å². The lowest BCUT2D eigenvalue weighted by atomic mass is 10.1. The SMILES string of the molecule is Cc1nc2c(ncn2[C@@H]2O[C@@H]3COP(O)(=S)O[C@H]4[C@@H](F)[C@H](n5cnc6c(=O)[nH]c(N)nc65)O[C@@H]4COP(O)(=S)O[C@H]3[C@H]2F)c(=O)[nH]1. The molecule has 10 atom stereocenters. The van der Waals surface area contributed by atoms with Gasteiger partial charge in [0, 0.05) is 0 Å². The van der Waals surface area contributed by atoms with Crippen molar-refractivity contribution in [1.29, 1.82) is 0 Å². The largest absolute Gasteiger partial charge is 0.369 e. The molecule has 19 nitrogen and oxygen atoms in total. The molecule has 2 unspecified atom stereocenters. The Balaban J connectivity index is 1.18. The number of aromatic amines is 2. The van der Waals surface area contributed by atoms with E-state index in [-0.39, 0.29) is 34.1 Å². The molecular weight excluding hydrogens is 702 g/mol. The molecule has 6 N–H and O–H groups in total. The van der Waals surface area contributed by atoms with Gasteiger partial charge in [-0.3, -0.25) is 32.8 Å². The van der Waals surface area contributed by atoms with Crippen LogP contribution >= 0.6 is 13.4 Å². The number of aryl methyl sites for hydroxylation is 1. The number of H-pyrrole nitrogens is 2. The second-order valence-corrected chi connectivity index (χ2v) is 16.0. The van der Waals surface area contributed by atoms with Crippen LogP contribution in [-0.4, -0.2) is 98.8 Å². The third kappa shape index (κ3) is 5.63. The van der Waals surface area contributed by atoms with Gasteiger partial charge < -0.3 is 39.0 Å². The van der Waals surface area contributed by atoms with Crippen LogP contribution < -0.4 is 16.9 Å². The van der Waals surface area contributed by atoms with Crippen molar-refractivity contribution in [2.24, 2.45) is 0 Å². The van der Waals surface area contributed by atoms with Crippen molar-refractivity contribution in [3.05, 3.63) is 39.2 Å². The summed E-state index contributed by atoms with van der Waals surface area (Å²) in [5, 5.41) is 0. The molecule has 4 aromatic rings. The second kappa shape index (κ2) is 11.5. The van der Waals surface area contributed by atoms with E-state index in [1.54, 1.807) is 0 Å². The minimum atomic E-state index is -4.32. The average molecular weight is 726 g/mol. The van der Waals surface area contributed by atoms with E-state index in [9.17, 15) is 19.4 Å². The number of imidazole rings is 2. The summed E-state index contributed by atoms with van der Waals surface area (Å²) in [5.74, 6) is -0.0360. The summed E-state index contributed by atoms with van der Waals surface area (Å²) < 4.78 is 67.9. The highest BCUT2D eigenvalue weighted by molar-refractivity contribution is 8.07. The molecule has 7 rings (SSSR count). The molecule has 0 saturated carbocycles. The number of nitrogens with zero attached hydrogens (tertiary/aromatic N) is 6. The van der Waals surface area contributed by atoms with Crippen LogP contribution in [0.15, 0.2) is 22.2 Å². The first-order valence-corrected chi connectivity index (χ1v) is 18.5. The first-order valence-electron chi connectivity index (χ1n) is 13.3. The topological polar surface area (TPSA) is 249 Å². The Labute approximate surface area is 264 Å². The van der Waals surface area contributed by atoms with Gasteiger partial charge in [0.05, 0.1) is 25.9 Å². The number of ether oxygens (including phenoxy) is 2. The summed E-state index contributed by atoms with van der Waals surface area (Å²) in [7, 11) is 0. The number of nitrogen functional groups attached to an aromatic ring is 1. The summed E-state index contributed by atoms with van der Waals surface area (Å²) in [5.41, 5.74) is 4.05. The zero-order chi connectivity index (χ0) is 32.7. The molecule has 3 aliphatic heterocycles. The van der Waals surface area contributed by atoms with E-state index in [0.29, 0.717) is 0 Å². The second-order valence-electron chi connectivity index (χ2n) is 10.4. The lowest BCUT2D eigenvalue weighted by Crippen LogP contribution is -2.37. The maximum atomic E-state index is 16.0. The molecule has 4 aromatic heterocycles. The van der Waals surface area contributed by atoms with Gasteiger partial charge >= 0.3 is 13.4 Å². The van der Waals surface area contributed by atoms with Crippen LogP contribution in [0.2, 0.25) is 0 Å². The van der Waals surface area contributed by atoms with Crippen LogP contribution in [0.25, 0.3) is 22.3 Å². The summed E-state index contributed by atoms with van der Waals surface area (Å²) in [6.07, 6.45) is -11.1. The van der Waals surface area contributed by atoms with Crippen molar-refractivity contribution in [1.82, 2.24) is 39.0 Å². The normalized spacial score (nSPS) is 37.2. The smallest absolute Gasteiger partial charge is 0.325 e. The van der Waals surface area contributed by atoms with Crippen molar-refractivity contribution >= 4 is 65.3 Å². The van der Waals surface area contributed by atoms with Crippen LogP contribution in [0.3, 0.4) is 0 Å². The number of halogens is 2. The number of aromatic nitrogens is 8. The van der Waals surface area contributed by atoms with Gasteiger partial charge in [-0.2, -0.15) is 4.98 Å². The minimum Gasteiger partial charge on any atom is -0.369 e. The fourth-order valence-electron chi connectivity index (χ4n) is 5.41. The summed E-state index contributed by atoms with van der Waals surface area (Å²) in [6, 6.07) is 0. The third-order valence-corrected chi connectivity index (χ3v) is 10.5. The Kier molecular flexibility index (Phi) is 7.98. The van der Waals surface area contributed by atoms with E-state index in [1.807, 2.05) is 0 Å². The number of anilines is 1. The van der Waals surface area contributed by atoms with Crippen LogP contribution in [0.5, 0.6) is 0 Å². The highest BCUT2D eigenvalue weighted by Crippen LogP contribution is 2.54. The van der Waals surface area contributed by atoms with Crippen molar-refractivity contribution in [3.8, 4) is 0 Å². The van der Waals surface area contributed by atoms with Crippen molar-refractivity contribution in [3.63, 3.8) is 0 Å². The third-order valence-electron chi connectivity index (χ3n) is 7.40. The summed E-state index contributed by atoms with van der Waals surface area (Å²) in [4.78, 5) is 67.3. The van der Waals surface area contributed by atoms with Gasteiger partial charge in [-0.05, 0) is 30.5 Å². The maximum absolute atomic E-state index is 16.0. The molecule has 0 aromatic carbocycles. The van der Waals surface area contributed by atoms with Crippen LogP contribution in [0.1, 0.15) is 18.3 Å². The lowest BCUT2D eigenvalue weighted by molar-refractivity contribution is -0.0583. The number of hydrogen-bond acceptors (Lipinski definition) is 15. The van der Waals surface area contributed by atoms with Gasteiger partial charge in [0.25, 0.3) is 11.1 Å². The Morgan fingerprint density at radius 1 is 0.870 bits per heavy atom. The first-order chi connectivity index (χ1) is 21.7. The highest BCUT2D eigenvalue weighted by atomic mass is 32.5. The van der Waals surface area contributed by atoms with E-state index in [0.717, 1.165) is 21.8 Å². The van der Waals surface area contributed by atoms with Crippen molar-refractivity contribution in [2.45, 2.75) is 56.1 Å². The van der Waals surface area contributed by atoms with Gasteiger partial charge in [-0.15, -0.1) is 0 Å². The van der Waals surface area contributed by atoms with Crippen molar-refractivity contribution < 1.29 is 46.1 Å². The molecule has 248 valence electrons. The zero-order valence-electron chi connectivity index (χ0n) is 23.1. The molecule has 25 heteroatoms. The Bertz CT molecular complexity index is 1920. The Hall–Kier alpha value is -2.66. The summed E-state index contributed by atoms with van der Waals surface area (Å²) >= 11 is 10.3. The van der Waals surface area contributed by atoms with E-state index >= 15 is 8.78 Å². The summed E-state index contributed by atoms with van der Waals surface area (Å²) in [6.45, 7) is -8.45. The molecule has 0 amide bonds. The van der Waals surface area contributed by atoms with Crippen LogP contribution in [-0.2, 0) is 51.2 Å². The van der Waals surface area contributed by atoms with Gasteiger partial charge in [0.1, 0.15) is 30.2 Å². The Morgan fingerprint density at radius 2 is 1.33 bits per heavy atom. The molecule has 3 aliphatic rings. The van der Waals surface area contributed by atoms with Crippen molar-refractivity contribution in [2.75, 3.05) is 18.9 Å². The quantitative estimate of drug-likeness (QED) is 0.169.